The van der Waals surface area contributed by atoms with Crippen LogP contribution in [0, 0.1) is 5.41 Å². The fourth-order valence-electron chi connectivity index (χ4n) is 0.196. The van der Waals surface area contributed by atoms with E-state index in [0.717, 1.165) is 12.3 Å². The zero-order valence-corrected chi connectivity index (χ0v) is 4.26. The Kier molecular flexibility index (Phi) is 3.48. The Morgan fingerprint density at radius 2 is 2.25 bits per heavy atom. The van der Waals surface area contributed by atoms with Gasteiger partial charge in [0.1, 0.15) is 0 Å². The molecule has 0 fully saturated rings. The summed E-state index contributed by atoms with van der Waals surface area (Å²) in [6.45, 7) is 0. The molecule has 3 heteroatoms. The molecule has 0 aromatic rings. The molecule has 0 saturated heterocycles. The van der Waals surface area contributed by atoms with Crippen LogP contribution in [0.3, 0.4) is 0 Å². The van der Waals surface area contributed by atoms with Crippen LogP contribution < -0.4 is 5.73 Å². The summed E-state index contributed by atoms with van der Waals surface area (Å²) in [6, 6.07) is 0. The van der Waals surface area contributed by atoms with Gasteiger partial charge in [0, 0.05) is 11.9 Å². The summed E-state index contributed by atoms with van der Waals surface area (Å²) in [4.78, 5) is 0. The molecule has 0 saturated carbocycles. The minimum absolute atomic E-state index is 0.235. The van der Waals surface area contributed by atoms with Crippen molar-refractivity contribution in [2.45, 2.75) is 0 Å². The molecule has 0 aliphatic carbocycles. The molecule has 0 amide bonds. The average molecular weight is 114 g/mol. The van der Waals surface area contributed by atoms with E-state index in [2.05, 4.69) is 0 Å². The minimum Gasteiger partial charge on any atom is -0.398 e. The molecule has 0 bridgehead atoms. The Morgan fingerprint density at radius 3 is 2.62 bits per heavy atom. The third kappa shape index (κ3) is 3.08. The molecule has 8 heavy (non-hydrogen) atoms. The van der Waals surface area contributed by atoms with Crippen molar-refractivity contribution in [3.8, 4) is 0 Å². The van der Waals surface area contributed by atoms with Gasteiger partial charge in [-0.15, -0.1) is 0 Å². The second kappa shape index (κ2) is 4.05. The molecule has 44 valence electrons. The Hall–Kier alpha value is -1.12. The summed E-state index contributed by atoms with van der Waals surface area (Å²) < 4.78 is 11.1. The molecule has 2 nitrogen and oxygen atoms in total. The molecule has 0 unspecified atom stereocenters. The number of halogens is 1. The molecule has 3 N–H and O–H groups in total. The molecule has 0 spiro atoms. The standard InChI is InChI=1S/C5H7FN2/c6-3-1-2-5(8)4-7/h1-4,7H,8H2/b3-1+,5-2+,7-4?. The highest BCUT2D eigenvalue weighted by Crippen LogP contribution is 1.79. The highest BCUT2D eigenvalue weighted by molar-refractivity contribution is 5.74. The zero-order chi connectivity index (χ0) is 6.41. The summed E-state index contributed by atoms with van der Waals surface area (Å²) in [6.07, 6.45) is 3.73. The Morgan fingerprint density at radius 1 is 1.62 bits per heavy atom. The smallest absolute Gasteiger partial charge is 0.0867 e. The lowest BCUT2D eigenvalue weighted by atomic mass is 10.4. The van der Waals surface area contributed by atoms with Gasteiger partial charge in [0.25, 0.3) is 0 Å². The number of nitrogens with two attached hydrogens (primary N) is 1. The third-order valence-electron chi connectivity index (χ3n) is 0.528. The van der Waals surface area contributed by atoms with Gasteiger partial charge in [-0.2, -0.15) is 0 Å². The molecule has 0 radical (unpaired) electrons. The van der Waals surface area contributed by atoms with E-state index < -0.39 is 0 Å². The number of allylic oxidation sites excluding steroid dienone is 3. The summed E-state index contributed by atoms with van der Waals surface area (Å²) >= 11 is 0. The first-order valence-electron chi connectivity index (χ1n) is 2.04. The van der Waals surface area contributed by atoms with E-state index in [-0.39, 0.29) is 5.70 Å². The lowest BCUT2D eigenvalue weighted by Gasteiger charge is -1.80. The Balaban J connectivity index is 3.74. The summed E-state index contributed by atoms with van der Waals surface area (Å²) in [5, 5.41) is 6.51. The van der Waals surface area contributed by atoms with Crippen molar-refractivity contribution in [3.05, 3.63) is 24.2 Å². The molecular weight excluding hydrogens is 107 g/mol. The van der Waals surface area contributed by atoms with E-state index in [1.165, 1.54) is 6.08 Å². The second-order valence-corrected chi connectivity index (χ2v) is 1.13. The first-order chi connectivity index (χ1) is 3.81. The van der Waals surface area contributed by atoms with Crippen molar-refractivity contribution >= 4 is 6.21 Å². The average Bonchev–Trinajstić information content (AvgIpc) is 1.83. The largest absolute Gasteiger partial charge is 0.398 e. The highest BCUT2D eigenvalue weighted by atomic mass is 19.1. The van der Waals surface area contributed by atoms with Crippen molar-refractivity contribution in [1.29, 1.82) is 5.41 Å². The van der Waals surface area contributed by atoms with Gasteiger partial charge in [0.15, 0.2) is 0 Å². The van der Waals surface area contributed by atoms with Gasteiger partial charge < -0.3 is 11.1 Å². The predicted molar refractivity (Wildman–Crippen MR) is 31.3 cm³/mol. The van der Waals surface area contributed by atoms with Gasteiger partial charge in [-0.1, -0.05) is 0 Å². The SMILES string of the molecule is N=C/C(N)=C\C=C\F. The second-order valence-electron chi connectivity index (χ2n) is 1.13. The van der Waals surface area contributed by atoms with Gasteiger partial charge in [0.05, 0.1) is 6.33 Å². The predicted octanol–water partition coefficient (Wildman–Crippen LogP) is 0.962. The zero-order valence-electron chi connectivity index (χ0n) is 4.26. The van der Waals surface area contributed by atoms with E-state index in [1.54, 1.807) is 0 Å². The van der Waals surface area contributed by atoms with Crippen LogP contribution in [-0.2, 0) is 0 Å². The van der Waals surface area contributed by atoms with Gasteiger partial charge >= 0.3 is 0 Å². The number of rotatable bonds is 2. The normalized spacial score (nSPS) is 12.4. The molecule has 0 aromatic carbocycles. The lowest BCUT2D eigenvalue weighted by Crippen LogP contribution is -1.95. The Labute approximate surface area is 47.0 Å². The summed E-state index contributed by atoms with van der Waals surface area (Å²) in [5.41, 5.74) is 5.29. The van der Waals surface area contributed by atoms with Gasteiger partial charge in [-0.05, 0) is 12.2 Å². The maximum absolute atomic E-state index is 11.1. The minimum atomic E-state index is 0.235. The van der Waals surface area contributed by atoms with Crippen LogP contribution in [0.4, 0.5) is 4.39 Å². The summed E-state index contributed by atoms with van der Waals surface area (Å²) in [5.74, 6) is 0. The number of nitrogens with one attached hydrogen (secondary N) is 1. The van der Waals surface area contributed by atoms with Crippen molar-refractivity contribution in [2.75, 3.05) is 0 Å². The van der Waals surface area contributed by atoms with Gasteiger partial charge in [-0.3, -0.25) is 0 Å². The van der Waals surface area contributed by atoms with Crippen LogP contribution in [0.2, 0.25) is 0 Å². The van der Waals surface area contributed by atoms with Gasteiger partial charge in [0.2, 0.25) is 0 Å². The maximum Gasteiger partial charge on any atom is 0.0867 e. The van der Waals surface area contributed by atoms with Crippen LogP contribution >= 0.6 is 0 Å². The van der Waals surface area contributed by atoms with Gasteiger partial charge in [-0.25, -0.2) is 4.39 Å². The van der Waals surface area contributed by atoms with Crippen molar-refractivity contribution < 1.29 is 4.39 Å². The fourth-order valence-corrected chi connectivity index (χ4v) is 0.196. The van der Waals surface area contributed by atoms with Crippen LogP contribution in [-0.4, -0.2) is 6.21 Å². The summed E-state index contributed by atoms with van der Waals surface area (Å²) in [7, 11) is 0. The maximum atomic E-state index is 11.1. The van der Waals surface area contributed by atoms with E-state index in [0.29, 0.717) is 6.33 Å². The number of hydrogen-bond donors (Lipinski definition) is 2. The molecule has 0 atom stereocenters. The quantitative estimate of drug-likeness (QED) is 0.407. The number of hydrogen-bond acceptors (Lipinski definition) is 2. The van der Waals surface area contributed by atoms with E-state index in [4.69, 9.17) is 11.1 Å². The first-order valence-corrected chi connectivity index (χ1v) is 2.04. The van der Waals surface area contributed by atoms with E-state index in [9.17, 15) is 4.39 Å². The van der Waals surface area contributed by atoms with Crippen LogP contribution in [0.25, 0.3) is 0 Å². The topological polar surface area (TPSA) is 49.9 Å². The van der Waals surface area contributed by atoms with E-state index in [1.807, 2.05) is 0 Å². The Bertz CT molecular complexity index is 126. The lowest BCUT2D eigenvalue weighted by molar-refractivity contribution is 0.721. The molecule has 0 aliphatic heterocycles. The monoisotopic (exact) mass is 114 g/mol. The third-order valence-corrected chi connectivity index (χ3v) is 0.528. The fraction of sp³-hybridized carbons (Fsp3) is 0. The van der Waals surface area contributed by atoms with Crippen molar-refractivity contribution in [3.63, 3.8) is 0 Å². The van der Waals surface area contributed by atoms with E-state index >= 15 is 0 Å². The molecular formula is C5H7FN2. The molecule has 0 rings (SSSR count). The molecule has 0 aromatic heterocycles. The van der Waals surface area contributed by atoms with Crippen molar-refractivity contribution in [1.82, 2.24) is 0 Å². The van der Waals surface area contributed by atoms with Crippen LogP contribution in [0.15, 0.2) is 24.2 Å². The van der Waals surface area contributed by atoms with Crippen LogP contribution in [0.1, 0.15) is 0 Å². The van der Waals surface area contributed by atoms with Crippen molar-refractivity contribution in [2.24, 2.45) is 5.73 Å². The van der Waals surface area contributed by atoms with Crippen LogP contribution in [0.5, 0.6) is 0 Å². The highest BCUT2D eigenvalue weighted by Gasteiger charge is 1.73. The molecule has 0 heterocycles. The first kappa shape index (κ1) is 6.88. The molecule has 0 aliphatic rings.